The molecule has 1 aliphatic rings. The van der Waals surface area contributed by atoms with E-state index in [9.17, 15) is 0 Å². The molecule has 0 saturated carbocycles. The quantitative estimate of drug-likeness (QED) is 0.713. The molecule has 22 heavy (non-hydrogen) atoms. The van der Waals surface area contributed by atoms with Gasteiger partial charge in [0.2, 0.25) is 0 Å². The monoisotopic (exact) mass is 289 g/mol. The minimum atomic E-state index is 0.341. The zero-order chi connectivity index (χ0) is 15.5. The lowest BCUT2D eigenvalue weighted by molar-refractivity contribution is 0.609. The summed E-state index contributed by atoms with van der Waals surface area (Å²) in [5.74, 6) is 0.478. The fraction of sp³-hybridized carbons (Fsp3) is 0.238. The average Bonchev–Trinajstić information content (AvgIpc) is 2.52. The smallest absolute Gasteiger partial charge is 0.0585 e. The minimum absolute atomic E-state index is 0.341. The van der Waals surface area contributed by atoms with Gasteiger partial charge in [0.25, 0.3) is 0 Å². The van der Waals surface area contributed by atoms with E-state index in [4.69, 9.17) is 0 Å². The van der Waals surface area contributed by atoms with Crippen LogP contribution in [0.1, 0.15) is 18.1 Å². The molecule has 0 fully saturated rings. The highest BCUT2D eigenvalue weighted by atomic mass is 15.2. The van der Waals surface area contributed by atoms with E-state index < -0.39 is 0 Å². The van der Waals surface area contributed by atoms with E-state index >= 15 is 0 Å². The maximum atomic E-state index is 2.46. The molecule has 1 nitrogen and oxygen atoms in total. The van der Waals surface area contributed by atoms with E-state index in [2.05, 4.69) is 98.5 Å². The molecular formula is C21H23N. The predicted octanol–water partition coefficient (Wildman–Crippen LogP) is 5.57. The van der Waals surface area contributed by atoms with Crippen LogP contribution in [0.25, 0.3) is 0 Å². The first kappa shape index (κ1) is 14.6. The number of aryl methyl sites for hydroxylation is 2. The van der Waals surface area contributed by atoms with Gasteiger partial charge in [-0.15, -0.1) is 0 Å². The molecule has 0 radical (unpaired) electrons. The summed E-state index contributed by atoms with van der Waals surface area (Å²) < 4.78 is 0. The molecule has 112 valence electrons. The highest BCUT2D eigenvalue weighted by Gasteiger charge is 2.24. The van der Waals surface area contributed by atoms with Crippen molar-refractivity contribution in [1.82, 2.24) is 0 Å². The Hall–Kier alpha value is -2.28. The van der Waals surface area contributed by atoms with Gasteiger partial charge >= 0.3 is 0 Å². The lowest BCUT2D eigenvalue weighted by Gasteiger charge is -2.37. The summed E-state index contributed by atoms with van der Waals surface area (Å²) in [5, 5.41) is 0. The number of para-hydroxylation sites is 1. The topological polar surface area (TPSA) is 3.24 Å². The molecule has 3 rings (SSSR count). The molecule has 1 heteroatoms. The fourth-order valence-corrected chi connectivity index (χ4v) is 3.16. The molecule has 2 unspecified atom stereocenters. The summed E-state index contributed by atoms with van der Waals surface area (Å²) in [6, 6.07) is 17.7. The van der Waals surface area contributed by atoms with Gasteiger partial charge in [-0.3, -0.25) is 0 Å². The van der Waals surface area contributed by atoms with E-state index in [1.165, 1.54) is 22.5 Å². The Morgan fingerprint density at radius 2 is 1.59 bits per heavy atom. The number of rotatable bonds is 3. The van der Waals surface area contributed by atoms with Gasteiger partial charge in [-0.25, -0.2) is 0 Å². The minimum Gasteiger partial charge on any atom is -0.334 e. The standard InChI is InChI=1S/C21H23N/c1-16-13-14-21(18(3)15-16)22(19-10-5-4-6-11-19)20-12-8-7-9-17(20)2/h4-15,17,20H,1-3H3. The molecule has 0 heterocycles. The molecule has 2 atom stereocenters. The molecule has 0 aliphatic heterocycles. The maximum Gasteiger partial charge on any atom is 0.0585 e. The van der Waals surface area contributed by atoms with Crippen LogP contribution >= 0.6 is 0 Å². The summed E-state index contributed by atoms with van der Waals surface area (Å²) in [7, 11) is 0. The van der Waals surface area contributed by atoms with Gasteiger partial charge in [0.1, 0.15) is 0 Å². The van der Waals surface area contributed by atoms with Gasteiger partial charge in [0.05, 0.1) is 6.04 Å². The second kappa shape index (κ2) is 6.23. The van der Waals surface area contributed by atoms with Crippen LogP contribution in [0.3, 0.4) is 0 Å². The zero-order valence-corrected chi connectivity index (χ0v) is 13.5. The van der Waals surface area contributed by atoms with Gasteiger partial charge < -0.3 is 4.90 Å². The third-order valence-electron chi connectivity index (χ3n) is 4.32. The zero-order valence-electron chi connectivity index (χ0n) is 13.5. The van der Waals surface area contributed by atoms with Crippen molar-refractivity contribution >= 4 is 11.4 Å². The Morgan fingerprint density at radius 3 is 2.27 bits per heavy atom. The van der Waals surface area contributed by atoms with Crippen LogP contribution in [0, 0.1) is 19.8 Å². The van der Waals surface area contributed by atoms with Crippen molar-refractivity contribution in [2.45, 2.75) is 26.8 Å². The molecule has 0 amide bonds. The van der Waals surface area contributed by atoms with E-state index in [1.807, 2.05) is 0 Å². The maximum absolute atomic E-state index is 2.46. The lowest BCUT2D eigenvalue weighted by atomic mass is 9.93. The van der Waals surface area contributed by atoms with Gasteiger partial charge in [0, 0.05) is 11.4 Å². The third-order valence-corrected chi connectivity index (χ3v) is 4.32. The summed E-state index contributed by atoms with van der Waals surface area (Å²) in [6.07, 6.45) is 8.89. The number of allylic oxidation sites excluding steroid dienone is 2. The fourth-order valence-electron chi connectivity index (χ4n) is 3.16. The van der Waals surface area contributed by atoms with Crippen molar-refractivity contribution in [3.63, 3.8) is 0 Å². The Kier molecular flexibility index (Phi) is 4.15. The SMILES string of the molecule is Cc1ccc(N(c2ccccc2)C2C=CC=CC2C)c(C)c1. The number of hydrogen-bond donors (Lipinski definition) is 0. The number of anilines is 2. The van der Waals surface area contributed by atoms with Gasteiger partial charge in [-0.1, -0.05) is 67.1 Å². The third kappa shape index (κ3) is 2.85. The molecule has 1 aliphatic carbocycles. The van der Waals surface area contributed by atoms with E-state index in [0.29, 0.717) is 12.0 Å². The molecule has 0 aromatic heterocycles. The van der Waals surface area contributed by atoms with Gasteiger partial charge in [-0.05, 0) is 43.5 Å². The summed E-state index contributed by atoms with van der Waals surface area (Å²) in [4.78, 5) is 2.46. The number of hydrogen-bond acceptors (Lipinski definition) is 1. The highest BCUT2D eigenvalue weighted by Crippen LogP contribution is 2.35. The molecule has 0 spiro atoms. The summed E-state index contributed by atoms with van der Waals surface area (Å²) >= 11 is 0. The van der Waals surface area contributed by atoms with Crippen molar-refractivity contribution in [2.24, 2.45) is 5.92 Å². The van der Waals surface area contributed by atoms with Crippen molar-refractivity contribution in [3.8, 4) is 0 Å². The Balaban J connectivity index is 2.11. The lowest BCUT2D eigenvalue weighted by Crippen LogP contribution is -2.35. The van der Waals surface area contributed by atoms with Gasteiger partial charge in [-0.2, -0.15) is 0 Å². The largest absolute Gasteiger partial charge is 0.334 e. The predicted molar refractivity (Wildman–Crippen MR) is 95.7 cm³/mol. The first-order valence-electron chi connectivity index (χ1n) is 7.93. The number of nitrogens with zero attached hydrogens (tertiary/aromatic N) is 1. The van der Waals surface area contributed by atoms with E-state index in [1.54, 1.807) is 0 Å². The molecule has 0 N–H and O–H groups in total. The second-order valence-electron chi connectivity index (χ2n) is 6.12. The van der Waals surface area contributed by atoms with E-state index in [0.717, 1.165) is 0 Å². The van der Waals surface area contributed by atoms with Crippen LogP contribution in [0.15, 0.2) is 72.8 Å². The average molecular weight is 289 g/mol. The van der Waals surface area contributed by atoms with Crippen molar-refractivity contribution in [1.29, 1.82) is 0 Å². The Morgan fingerprint density at radius 1 is 0.864 bits per heavy atom. The summed E-state index contributed by atoms with van der Waals surface area (Å²) in [6.45, 7) is 6.63. The van der Waals surface area contributed by atoms with Crippen molar-refractivity contribution < 1.29 is 0 Å². The van der Waals surface area contributed by atoms with Crippen LogP contribution in [0.4, 0.5) is 11.4 Å². The molecule has 2 aromatic carbocycles. The van der Waals surface area contributed by atoms with E-state index in [-0.39, 0.29) is 0 Å². The Bertz CT molecular complexity index is 697. The van der Waals surface area contributed by atoms with Crippen LogP contribution in [0.2, 0.25) is 0 Å². The highest BCUT2D eigenvalue weighted by molar-refractivity contribution is 5.68. The molecule has 0 saturated heterocycles. The first-order chi connectivity index (χ1) is 10.7. The molecule has 0 bridgehead atoms. The van der Waals surface area contributed by atoms with Gasteiger partial charge in [0.15, 0.2) is 0 Å². The number of benzene rings is 2. The summed E-state index contributed by atoms with van der Waals surface area (Å²) in [5.41, 5.74) is 5.15. The molecular weight excluding hydrogens is 266 g/mol. The second-order valence-corrected chi connectivity index (χ2v) is 6.12. The van der Waals surface area contributed by atoms with Crippen LogP contribution in [-0.4, -0.2) is 6.04 Å². The Labute approximate surface area is 133 Å². The van der Waals surface area contributed by atoms with Crippen molar-refractivity contribution in [3.05, 3.63) is 84.0 Å². The first-order valence-corrected chi connectivity index (χ1v) is 7.93. The van der Waals surface area contributed by atoms with Crippen LogP contribution in [0.5, 0.6) is 0 Å². The normalized spacial score (nSPS) is 20.1. The molecule has 2 aromatic rings. The van der Waals surface area contributed by atoms with Crippen molar-refractivity contribution in [2.75, 3.05) is 4.90 Å². The van der Waals surface area contributed by atoms with Crippen LogP contribution < -0.4 is 4.90 Å². The van der Waals surface area contributed by atoms with Crippen LogP contribution in [-0.2, 0) is 0 Å².